The summed E-state index contributed by atoms with van der Waals surface area (Å²) in [6.45, 7) is 0.698. The van der Waals surface area contributed by atoms with E-state index in [2.05, 4.69) is 4.74 Å². The van der Waals surface area contributed by atoms with Crippen LogP contribution in [0.15, 0.2) is 0 Å². The van der Waals surface area contributed by atoms with Crippen molar-refractivity contribution < 1.29 is 23.9 Å². The Hall–Kier alpha value is -1.39. The fourth-order valence-electron chi connectivity index (χ4n) is 3.96. The monoisotopic (exact) mass is 294 g/mol. The molecule has 116 valence electrons. The zero-order valence-electron chi connectivity index (χ0n) is 12.2. The molecule has 2 aliphatic heterocycles. The lowest BCUT2D eigenvalue weighted by atomic mass is 9.81. The summed E-state index contributed by atoms with van der Waals surface area (Å²) in [5.74, 6) is 0.117. The molecule has 0 aromatic carbocycles. The maximum absolute atomic E-state index is 11.0. The topological polar surface area (TPSA) is 69.7 Å². The summed E-state index contributed by atoms with van der Waals surface area (Å²) in [4.78, 5) is 32.9. The predicted octanol–water partition coefficient (Wildman–Crippen LogP) is 2.23. The van der Waals surface area contributed by atoms with Crippen LogP contribution in [-0.2, 0) is 23.9 Å². The van der Waals surface area contributed by atoms with E-state index >= 15 is 0 Å². The summed E-state index contributed by atoms with van der Waals surface area (Å²) >= 11 is 0. The maximum Gasteiger partial charge on any atom is 0.317 e. The van der Waals surface area contributed by atoms with Gasteiger partial charge in [0.15, 0.2) is 0 Å². The average Bonchev–Trinajstić information content (AvgIpc) is 3.02. The summed E-state index contributed by atoms with van der Waals surface area (Å²) < 4.78 is 9.49. The number of hydrogen-bond donors (Lipinski definition) is 0. The van der Waals surface area contributed by atoms with Gasteiger partial charge in [0, 0.05) is 5.92 Å². The molecule has 2 saturated carbocycles. The van der Waals surface area contributed by atoms with Gasteiger partial charge in [0.05, 0.1) is 24.4 Å². The highest BCUT2D eigenvalue weighted by atomic mass is 16.6. The molecule has 21 heavy (non-hydrogen) atoms. The summed E-state index contributed by atoms with van der Waals surface area (Å²) in [6.07, 6.45) is 8.59. The number of carbonyl (C=O) groups is 3. The summed E-state index contributed by atoms with van der Waals surface area (Å²) in [7, 11) is 0. The van der Waals surface area contributed by atoms with E-state index in [0.717, 1.165) is 32.1 Å². The fourth-order valence-corrected chi connectivity index (χ4v) is 3.96. The Bertz CT molecular complexity index is 422. The number of ether oxygens (including phenoxy) is 2. The summed E-state index contributed by atoms with van der Waals surface area (Å²) in [5.41, 5.74) is 0. The third-order valence-corrected chi connectivity index (χ3v) is 5.22. The van der Waals surface area contributed by atoms with Gasteiger partial charge in [-0.15, -0.1) is 0 Å². The van der Waals surface area contributed by atoms with Crippen molar-refractivity contribution in [3.8, 4) is 0 Å². The predicted molar refractivity (Wildman–Crippen MR) is 73.0 cm³/mol. The van der Waals surface area contributed by atoms with E-state index < -0.39 is 0 Å². The van der Waals surface area contributed by atoms with Crippen molar-refractivity contribution in [3.63, 3.8) is 0 Å². The number of fused-ring (bicyclic) bond motifs is 2. The first-order valence-electron chi connectivity index (χ1n) is 8.09. The molecule has 1 unspecified atom stereocenters. The van der Waals surface area contributed by atoms with Crippen LogP contribution in [0, 0.1) is 23.7 Å². The van der Waals surface area contributed by atoms with Crippen molar-refractivity contribution >= 4 is 17.9 Å². The quantitative estimate of drug-likeness (QED) is 0.506. The van der Waals surface area contributed by atoms with E-state index in [9.17, 15) is 14.4 Å². The molecule has 0 aromatic heterocycles. The van der Waals surface area contributed by atoms with Crippen LogP contribution in [-0.4, -0.2) is 24.5 Å². The van der Waals surface area contributed by atoms with E-state index in [1.165, 1.54) is 19.3 Å². The molecule has 5 nitrogen and oxygen atoms in total. The third-order valence-electron chi connectivity index (χ3n) is 5.22. The van der Waals surface area contributed by atoms with Gasteiger partial charge in [0.25, 0.3) is 0 Å². The Labute approximate surface area is 124 Å². The van der Waals surface area contributed by atoms with Gasteiger partial charge in [-0.05, 0) is 25.7 Å². The number of esters is 3. The molecule has 0 amide bonds. The van der Waals surface area contributed by atoms with Gasteiger partial charge >= 0.3 is 17.9 Å². The molecule has 5 heteroatoms. The van der Waals surface area contributed by atoms with Gasteiger partial charge < -0.3 is 9.47 Å². The van der Waals surface area contributed by atoms with Crippen molar-refractivity contribution in [2.45, 2.75) is 51.4 Å². The Morgan fingerprint density at radius 3 is 1.76 bits per heavy atom. The second kappa shape index (κ2) is 6.16. The minimum absolute atomic E-state index is 0.0599. The molecule has 4 aliphatic rings. The van der Waals surface area contributed by atoms with Gasteiger partial charge in [-0.1, -0.05) is 25.7 Å². The van der Waals surface area contributed by atoms with Gasteiger partial charge in [-0.3, -0.25) is 14.4 Å². The fraction of sp³-hybridized carbons (Fsp3) is 0.812. The Morgan fingerprint density at radius 2 is 1.19 bits per heavy atom. The molecule has 0 N–H and O–H groups in total. The van der Waals surface area contributed by atoms with Gasteiger partial charge in [0.1, 0.15) is 0 Å². The van der Waals surface area contributed by atoms with Crippen LogP contribution in [0.1, 0.15) is 51.4 Å². The van der Waals surface area contributed by atoms with Gasteiger partial charge in [-0.25, -0.2) is 0 Å². The largest absolute Gasteiger partial charge is 0.465 e. The Balaban J connectivity index is 0.000000126. The minimum Gasteiger partial charge on any atom is -0.465 e. The van der Waals surface area contributed by atoms with Crippen LogP contribution in [0.25, 0.3) is 0 Å². The zero-order chi connectivity index (χ0) is 14.8. The third kappa shape index (κ3) is 2.97. The van der Waals surface area contributed by atoms with Crippen LogP contribution in [0.4, 0.5) is 0 Å². The first-order valence-corrected chi connectivity index (χ1v) is 8.09. The van der Waals surface area contributed by atoms with E-state index in [-0.39, 0.29) is 35.7 Å². The van der Waals surface area contributed by atoms with Gasteiger partial charge in [-0.2, -0.15) is 0 Å². The number of hydrogen-bond acceptors (Lipinski definition) is 5. The standard InChI is InChI=1S/C8H10O3.C8H12O2/c9-7-5-3-1-2-4-6(5)8(10)11-7;9-8-7-4-2-1-3-6(7)5-10-8/h5-6H,1-4H2;6-7H,1-5H2/t5-,6+;6?,7-/m.1/s1. The first-order chi connectivity index (χ1) is 10.2. The van der Waals surface area contributed by atoms with Crippen molar-refractivity contribution in [2.75, 3.05) is 6.61 Å². The van der Waals surface area contributed by atoms with Crippen molar-refractivity contribution in [2.24, 2.45) is 23.7 Å². The van der Waals surface area contributed by atoms with Gasteiger partial charge in [0.2, 0.25) is 0 Å². The lowest BCUT2D eigenvalue weighted by Crippen LogP contribution is -2.21. The smallest absolute Gasteiger partial charge is 0.317 e. The molecule has 2 aliphatic carbocycles. The Morgan fingerprint density at radius 1 is 0.667 bits per heavy atom. The highest BCUT2D eigenvalue weighted by Gasteiger charge is 2.44. The van der Waals surface area contributed by atoms with E-state index in [1.807, 2.05) is 0 Å². The number of cyclic esters (lactones) is 3. The molecule has 4 atom stereocenters. The highest BCUT2D eigenvalue weighted by Crippen LogP contribution is 2.36. The van der Waals surface area contributed by atoms with Crippen LogP contribution in [0.3, 0.4) is 0 Å². The zero-order valence-corrected chi connectivity index (χ0v) is 12.2. The second-order valence-corrected chi connectivity index (χ2v) is 6.52. The van der Waals surface area contributed by atoms with Crippen LogP contribution in [0.5, 0.6) is 0 Å². The van der Waals surface area contributed by atoms with Crippen LogP contribution < -0.4 is 0 Å². The molecule has 0 aromatic rings. The molecule has 2 saturated heterocycles. The minimum atomic E-state index is -0.292. The van der Waals surface area contributed by atoms with Crippen molar-refractivity contribution in [3.05, 3.63) is 0 Å². The molecule has 4 fully saturated rings. The number of rotatable bonds is 0. The first kappa shape index (κ1) is 14.5. The normalized spacial score (nSPS) is 37.8. The second-order valence-electron chi connectivity index (χ2n) is 6.52. The van der Waals surface area contributed by atoms with E-state index in [1.54, 1.807) is 0 Å². The molecule has 0 bridgehead atoms. The Kier molecular flexibility index (Phi) is 4.27. The van der Waals surface area contributed by atoms with E-state index in [4.69, 9.17) is 4.74 Å². The summed E-state index contributed by atoms with van der Waals surface area (Å²) in [6, 6.07) is 0. The molecular formula is C16H22O5. The highest BCUT2D eigenvalue weighted by molar-refractivity contribution is 5.96. The van der Waals surface area contributed by atoms with Crippen LogP contribution in [0.2, 0.25) is 0 Å². The van der Waals surface area contributed by atoms with Crippen molar-refractivity contribution in [1.82, 2.24) is 0 Å². The summed E-state index contributed by atoms with van der Waals surface area (Å²) in [5, 5.41) is 0. The molecule has 2 heterocycles. The molecule has 0 radical (unpaired) electrons. The molecule has 4 rings (SSSR count). The van der Waals surface area contributed by atoms with Crippen LogP contribution >= 0.6 is 0 Å². The molecule has 0 spiro atoms. The van der Waals surface area contributed by atoms with Crippen molar-refractivity contribution in [1.29, 1.82) is 0 Å². The lowest BCUT2D eigenvalue weighted by molar-refractivity contribution is -0.153. The lowest BCUT2D eigenvalue weighted by Gasteiger charge is -2.19. The average molecular weight is 294 g/mol. The maximum atomic E-state index is 11.0. The number of carbonyl (C=O) groups excluding carboxylic acids is 3. The molecular weight excluding hydrogens is 272 g/mol. The van der Waals surface area contributed by atoms with E-state index in [0.29, 0.717) is 12.5 Å². The SMILES string of the molecule is O=C1OC(=O)[C@@H]2CCCC[C@H]12.O=C1OCC2CCCC[C@@H]12.